The van der Waals surface area contributed by atoms with Crippen molar-refractivity contribution in [1.82, 2.24) is 0 Å². The molecule has 0 bridgehead atoms. The highest BCUT2D eigenvalue weighted by Crippen LogP contribution is 2.39. The predicted molar refractivity (Wildman–Crippen MR) is 95.7 cm³/mol. The average Bonchev–Trinajstić information content (AvgIpc) is 2.60. The number of fused-ring (bicyclic) bond motifs is 1. The maximum atomic E-state index is 10.3. The zero-order chi connectivity index (χ0) is 18.4. The molecule has 4 heteroatoms. The third-order valence-corrected chi connectivity index (χ3v) is 3.08. The monoisotopic (exact) mass is 326 g/mol. The number of hydrogen-bond donors (Lipinski definition) is 2. The van der Waals surface area contributed by atoms with Crippen LogP contribution in [0.2, 0.25) is 0 Å². The zero-order valence-electron chi connectivity index (χ0n) is 15.1. The lowest BCUT2D eigenvalue weighted by molar-refractivity contribution is 0.0688. The topological polar surface area (TPSA) is 49.7 Å². The first-order chi connectivity index (χ1) is 11.1. The highest BCUT2D eigenvalue weighted by Gasteiger charge is 2.30. The van der Waals surface area contributed by atoms with Gasteiger partial charge in [-0.1, -0.05) is 52.0 Å². The second-order valence-electron chi connectivity index (χ2n) is 4.23. The van der Waals surface area contributed by atoms with Crippen LogP contribution in [0.25, 0.3) is 0 Å². The van der Waals surface area contributed by atoms with Crippen molar-refractivity contribution < 1.29 is 19.3 Å². The summed E-state index contributed by atoms with van der Waals surface area (Å²) in [4.78, 5) is 0. The number of alkyl halides is 1. The van der Waals surface area contributed by atoms with Gasteiger partial charge in [-0.2, -0.15) is 0 Å². The molecule has 1 aromatic rings. The molecule has 1 aliphatic rings. The van der Waals surface area contributed by atoms with Gasteiger partial charge in [0, 0.05) is 17.5 Å². The minimum absolute atomic E-state index is 0.0648. The number of aliphatic hydroxyl groups is 1. The smallest absolute Gasteiger partial charge is 0.128 e. The van der Waals surface area contributed by atoms with Gasteiger partial charge in [-0.05, 0) is 19.1 Å². The molecule has 0 saturated carbocycles. The van der Waals surface area contributed by atoms with Gasteiger partial charge in [0.1, 0.15) is 11.5 Å². The standard InChI is InChI=1S/C14H16O3.2C2H6.CH3F/c1-3-4-9(2)12-8-17-13-7-10(15)5-6-11(13)14(12)16;3*1-2/h3-7,12,14-16H,1,8H2,2H3;2*1-2H3;1H3/b9-4+;;;. The minimum atomic E-state index is -0.601. The molecule has 2 atom stereocenters. The zero-order valence-corrected chi connectivity index (χ0v) is 15.1. The Bertz CT molecular complexity index is 470. The first-order valence-corrected chi connectivity index (χ1v) is 7.94. The molecule has 1 aliphatic heterocycles. The normalized spacial score (nSPS) is 18.3. The SMILES string of the molecule is C=C/C=C(\C)C1COc2cc(O)ccc2C1O.CC.CC.CF. The van der Waals surface area contributed by atoms with Gasteiger partial charge in [0.05, 0.1) is 19.9 Å². The summed E-state index contributed by atoms with van der Waals surface area (Å²) in [5.74, 6) is 0.637. The molecular weight excluding hydrogens is 295 g/mol. The summed E-state index contributed by atoms with van der Waals surface area (Å²) in [5, 5.41) is 19.6. The molecule has 3 nitrogen and oxygen atoms in total. The van der Waals surface area contributed by atoms with Crippen LogP contribution in [0.1, 0.15) is 46.3 Å². The molecule has 2 unspecified atom stereocenters. The van der Waals surface area contributed by atoms with Crippen LogP contribution in [0.15, 0.2) is 42.5 Å². The van der Waals surface area contributed by atoms with Crippen molar-refractivity contribution >= 4 is 0 Å². The van der Waals surface area contributed by atoms with Crippen LogP contribution in [-0.4, -0.2) is 24.0 Å². The van der Waals surface area contributed by atoms with E-state index in [-0.39, 0.29) is 11.7 Å². The van der Waals surface area contributed by atoms with Crippen molar-refractivity contribution in [1.29, 1.82) is 0 Å². The molecule has 0 aliphatic carbocycles. The van der Waals surface area contributed by atoms with Crippen molar-refractivity contribution in [2.24, 2.45) is 5.92 Å². The number of phenolic OH excluding ortho intramolecular Hbond substituents is 1. The number of hydrogen-bond acceptors (Lipinski definition) is 3. The molecule has 0 saturated heterocycles. The molecule has 0 radical (unpaired) electrons. The van der Waals surface area contributed by atoms with Gasteiger partial charge in [-0.25, -0.2) is 0 Å². The Kier molecular flexibility index (Phi) is 14.1. The second-order valence-corrected chi connectivity index (χ2v) is 4.23. The van der Waals surface area contributed by atoms with Gasteiger partial charge in [0.2, 0.25) is 0 Å². The summed E-state index contributed by atoms with van der Waals surface area (Å²) in [5.41, 5.74) is 1.75. The van der Waals surface area contributed by atoms with Crippen molar-refractivity contribution in [3.05, 3.63) is 48.1 Å². The van der Waals surface area contributed by atoms with E-state index in [4.69, 9.17) is 4.74 Å². The Morgan fingerprint density at radius 1 is 1.26 bits per heavy atom. The summed E-state index contributed by atoms with van der Waals surface area (Å²) in [6.45, 7) is 14.0. The first kappa shape index (κ1) is 23.5. The average molecular weight is 326 g/mol. The number of ether oxygens (including phenoxy) is 1. The number of benzene rings is 1. The molecule has 0 spiro atoms. The van der Waals surface area contributed by atoms with Crippen LogP contribution in [0.4, 0.5) is 4.39 Å². The molecule has 23 heavy (non-hydrogen) atoms. The summed E-state index contributed by atoms with van der Waals surface area (Å²) in [6, 6.07) is 4.78. The van der Waals surface area contributed by atoms with E-state index in [1.807, 2.05) is 40.7 Å². The van der Waals surface area contributed by atoms with E-state index in [1.165, 1.54) is 6.07 Å². The van der Waals surface area contributed by atoms with E-state index in [2.05, 4.69) is 6.58 Å². The Balaban J connectivity index is 0. The fourth-order valence-corrected chi connectivity index (χ4v) is 2.07. The van der Waals surface area contributed by atoms with Crippen molar-refractivity contribution in [3.8, 4) is 11.5 Å². The van der Waals surface area contributed by atoms with Gasteiger partial charge in [-0.3, -0.25) is 4.39 Å². The summed E-state index contributed by atoms with van der Waals surface area (Å²) in [7, 11) is 0.500. The lowest BCUT2D eigenvalue weighted by Gasteiger charge is -2.31. The Hall–Kier alpha value is -1.81. The molecular formula is C19H31FO3. The number of phenols is 1. The Morgan fingerprint density at radius 3 is 2.35 bits per heavy atom. The molecule has 0 fully saturated rings. The van der Waals surface area contributed by atoms with E-state index >= 15 is 0 Å². The van der Waals surface area contributed by atoms with Crippen LogP contribution < -0.4 is 4.74 Å². The maximum Gasteiger partial charge on any atom is 0.128 e. The van der Waals surface area contributed by atoms with E-state index < -0.39 is 6.10 Å². The molecule has 0 aromatic heterocycles. The largest absolute Gasteiger partial charge is 0.508 e. The first-order valence-electron chi connectivity index (χ1n) is 7.94. The number of aromatic hydroxyl groups is 1. The van der Waals surface area contributed by atoms with Crippen molar-refractivity contribution in [2.45, 2.75) is 40.7 Å². The van der Waals surface area contributed by atoms with Crippen LogP contribution >= 0.6 is 0 Å². The van der Waals surface area contributed by atoms with E-state index in [9.17, 15) is 14.6 Å². The van der Waals surface area contributed by atoms with Crippen LogP contribution in [0.5, 0.6) is 11.5 Å². The fourth-order valence-electron chi connectivity index (χ4n) is 2.07. The van der Waals surface area contributed by atoms with E-state index in [1.54, 1.807) is 18.2 Å². The minimum Gasteiger partial charge on any atom is -0.508 e. The highest BCUT2D eigenvalue weighted by molar-refractivity contribution is 5.43. The number of rotatable bonds is 2. The van der Waals surface area contributed by atoms with Crippen molar-refractivity contribution in [2.75, 3.05) is 13.8 Å². The van der Waals surface area contributed by atoms with E-state index in [0.717, 1.165) is 11.1 Å². The van der Waals surface area contributed by atoms with Crippen LogP contribution in [-0.2, 0) is 0 Å². The molecule has 2 rings (SSSR count). The Labute approximate surface area is 140 Å². The molecule has 2 N–H and O–H groups in total. The number of halogens is 1. The number of aliphatic hydroxyl groups excluding tert-OH is 1. The Morgan fingerprint density at radius 2 is 1.83 bits per heavy atom. The molecule has 1 aromatic carbocycles. The lowest BCUT2D eigenvalue weighted by Crippen LogP contribution is -2.26. The van der Waals surface area contributed by atoms with Gasteiger partial charge in [-0.15, -0.1) is 0 Å². The second kappa shape index (κ2) is 13.8. The maximum absolute atomic E-state index is 10.3. The summed E-state index contributed by atoms with van der Waals surface area (Å²) in [6.07, 6.45) is 2.98. The van der Waals surface area contributed by atoms with Gasteiger partial charge >= 0.3 is 0 Å². The van der Waals surface area contributed by atoms with Crippen LogP contribution in [0.3, 0.4) is 0 Å². The molecule has 132 valence electrons. The predicted octanol–water partition coefficient (Wildman–Crippen LogP) is 5.20. The third-order valence-electron chi connectivity index (χ3n) is 3.08. The third kappa shape index (κ3) is 6.87. The fraction of sp³-hybridized carbons (Fsp3) is 0.474. The molecule has 1 heterocycles. The lowest BCUT2D eigenvalue weighted by atomic mass is 9.88. The summed E-state index contributed by atoms with van der Waals surface area (Å²) < 4.78 is 15.1. The highest BCUT2D eigenvalue weighted by atomic mass is 19.1. The van der Waals surface area contributed by atoms with E-state index in [0.29, 0.717) is 19.5 Å². The quantitative estimate of drug-likeness (QED) is 0.734. The van der Waals surface area contributed by atoms with Gasteiger partial charge in [0.25, 0.3) is 0 Å². The summed E-state index contributed by atoms with van der Waals surface area (Å²) >= 11 is 0. The van der Waals surface area contributed by atoms with Gasteiger partial charge in [0.15, 0.2) is 0 Å². The number of allylic oxidation sites excluding steroid dienone is 2. The van der Waals surface area contributed by atoms with Crippen molar-refractivity contribution in [3.63, 3.8) is 0 Å². The van der Waals surface area contributed by atoms with Gasteiger partial charge < -0.3 is 14.9 Å². The van der Waals surface area contributed by atoms with Crippen LogP contribution in [0, 0.1) is 5.92 Å². The molecule has 0 amide bonds.